The summed E-state index contributed by atoms with van der Waals surface area (Å²) in [5.74, 6) is 1.27. The van der Waals surface area contributed by atoms with Crippen LogP contribution < -0.4 is 10.1 Å². The Kier molecular flexibility index (Phi) is 6.06. The molecule has 0 fully saturated rings. The number of benzene rings is 1. The molecule has 4 heterocycles. The number of fused-ring (bicyclic) bond motifs is 1. The molecule has 0 bridgehead atoms. The quantitative estimate of drug-likeness (QED) is 0.341. The Morgan fingerprint density at radius 3 is 2.61 bits per heavy atom. The Morgan fingerprint density at radius 2 is 1.86 bits per heavy atom. The predicted octanol–water partition coefficient (Wildman–Crippen LogP) is 2.91. The average Bonchev–Trinajstić information content (AvgIpc) is 3.49. The first kappa shape index (κ1) is 23.4. The van der Waals surface area contributed by atoms with Crippen LogP contribution in [0.15, 0.2) is 54.9 Å². The molecule has 11 nitrogen and oxygen atoms in total. The van der Waals surface area contributed by atoms with E-state index in [-0.39, 0.29) is 0 Å². The Bertz CT molecular complexity index is 1500. The van der Waals surface area contributed by atoms with Gasteiger partial charge in [-0.2, -0.15) is 10.1 Å². The van der Waals surface area contributed by atoms with Gasteiger partial charge in [0.1, 0.15) is 22.7 Å². The maximum atomic E-state index is 10.3. The van der Waals surface area contributed by atoms with Gasteiger partial charge in [-0.3, -0.25) is 9.67 Å². The highest BCUT2D eigenvalue weighted by Gasteiger charge is 2.19. The summed E-state index contributed by atoms with van der Waals surface area (Å²) < 4.78 is 8.62. The van der Waals surface area contributed by atoms with Gasteiger partial charge in [-0.1, -0.05) is 23.4 Å². The SMILES string of the molecule is COc1ccc(CNc2nc(-c3cn(Cc4cccc(C(C)(C)O)n4)nn3)c3cnn(C)c3n2)cc1. The summed E-state index contributed by atoms with van der Waals surface area (Å²) in [4.78, 5) is 13.9. The van der Waals surface area contributed by atoms with E-state index in [1.807, 2.05) is 49.6 Å². The van der Waals surface area contributed by atoms with Crippen LogP contribution in [0.25, 0.3) is 22.4 Å². The van der Waals surface area contributed by atoms with Crippen molar-refractivity contribution >= 4 is 17.0 Å². The molecule has 0 aliphatic carbocycles. The van der Waals surface area contributed by atoms with E-state index < -0.39 is 5.60 Å². The summed E-state index contributed by atoms with van der Waals surface area (Å²) in [6, 6.07) is 13.4. The lowest BCUT2D eigenvalue weighted by atomic mass is 10.0. The molecule has 0 radical (unpaired) electrons. The first-order chi connectivity index (χ1) is 17.3. The van der Waals surface area contributed by atoms with Gasteiger partial charge < -0.3 is 15.2 Å². The fourth-order valence-corrected chi connectivity index (χ4v) is 3.78. The van der Waals surface area contributed by atoms with Crippen LogP contribution in [0.1, 0.15) is 30.8 Å². The molecule has 2 N–H and O–H groups in total. The number of pyridine rings is 1. The molecule has 4 aromatic heterocycles. The maximum absolute atomic E-state index is 10.3. The van der Waals surface area contributed by atoms with Crippen LogP contribution in [0.3, 0.4) is 0 Å². The maximum Gasteiger partial charge on any atom is 0.225 e. The number of aryl methyl sites for hydroxylation is 1. The number of aliphatic hydroxyl groups is 1. The third-order valence-electron chi connectivity index (χ3n) is 5.74. The molecule has 0 spiro atoms. The van der Waals surface area contributed by atoms with Gasteiger partial charge >= 0.3 is 0 Å². The molecule has 5 aromatic rings. The summed E-state index contributed by atoms with van der Waals surface area (Å²) in [6.45, 7) is 4.37. The molecule has 0 aliphatic heterocycles. The molecular weight excluding hydrogens is 458 g/mol. The first-order valence-electron chi connectivity index (χ1n) is 11.5. The predicted molar refractivity (Wildman–Crippen MR) is 134 cm³/mol. The zero-order valence-electron chi connectivity index (χ0n) is 20.5. The smallest absolute Gasteiger partial charge is 0.225 e. The number of hydrogen-bond donors (Lipinski definition) is 2. The lowest BCUT2D eigenvalue weighted by molar-refractivity contribution is 0.0736. The van der Waals surface area contributed by atoms with Crippen molar-refractivity contribution in [2.24, 2.45) is 7.05 Å². The van der Waals surface area contributed by atoms with Crippen molar-refractivity contribution in [3.63, 3.8) is 0 Å². The van der Waals surface area contributed by atoms with Crippen molar-refractivity contribution in [2.75, 3.05) is 12.4 Å². The van der Waals surface area contributed by atoms with Crippen LogP contribution in [0.4, 0.5) is 5.95 Å². The summed E-state index contributed by atoms with van der Waals surface area (Å²) in [5.41, 5.74) is 3.33. The number of rotatable bonds is 8. The normalized spacial score (nSPS) is 11.7. The average molecular weight is 486 g/mol. The second-order valence-electron chi connectivity index (χ2n) is 8.98. The van der Waals surface area contributed by atoms with Crippen molar-refractivity contribution < 1.29 is 9.84 Å². The van der Waals surface area contributed by atoms with E-state index in [1.54, 1.807) is 42.6 Å². The van der Waals surface area contributed by atoms with Crippen molar-refractivity contribution in [3.8, 4) is 17.1 Å². The second kappa shape index (κ2) is 9.34. The van der Waals surface area contributed by atoms with Gasteiger partial charge in [-0.25, -0.2) is 9.67 Å². The highest BCUT2D eigenvalue weighted by molar-refractivity contribution is 5.89. The first-order valence-corrected chi connectivity index (χ1v) is 11.5. The van der Waals surface area contributed by atoms with E-state index >= 15 is 0 Å². The minimum atomic E-state index is -1.02. The molecule has 5 rings (SSSR count). The fraction of sp³-hybridized carbons (Fsp3) is 0.280. The van der Waals surface area contributed by atoms with Gasteiger partial charge in [0.05, 0.1) is 42.8 Å². The van der Waals surface area contributed by atoms with E-state index in [0.717, 1.165) is 22.4 Å². The van der Waals surface area contributed by atoms with Gasteiger partial charge in [0.15, 0.2) is 5.65 Å². The molecule has 0 unspecified atom stereocenters. The number of anilines is 1. The minimum Gasteiger partial charge on any atom is -0.497 e. The summed E-state index contributed by atoms with van der Waals surface area (Å²) >= 11 is 0. The molecular formula is C25H27N9O2. The highest BCUT2D eigenvalue weighted by Crippen LogP contribution is 2.26. The van der Waals surface area contributed by atoms with Gasteiger partial charge in [0.2, 0.25) is 5.95 Å². The number of ether oxygens (including phenoxy) is 1. The van der Waals surface area contributed by atoms with E-state index in [2.05, 4.69) is 30.7 Å². The number of methoxy groups -OCH3 is 1. The van der Waals surface area contributed by atoms with E-state index in [9.17, 15) is 5.11 Å². The molecule has 1 aromatic carbocycles. The van der Waals surface area contributed by atoms with Gasteiger partial charge in [-0.15, -0.1) is 5.10 Å². The molecule has 36 heavy (non-hydrogen) atoms. The lowest BCUT2D eigenvalue weighted by Gasteiger charge is -2.17. The van der Waals surface area contributed by atoms with Crippen LogP contribution in [0, 0.1) is 0 Å². The van der Waals surface area contributed by atoms with Crippen molar-refractivity contribution in [3.05, 3.63) is 71.8 Å². The number of aromatic nitrogens is 8. The zero-order valence-corrected chi connectivity index (χ0v) is 20.5. The minimum absolute atomic E-state index is 0.404. The standard InChI is InChI=1S/C25H27N9O2/c1-25(2,35)21-7-5-6-17(28-21)14-34-15-20(31-32-34)22-19-13-27-33(3)23(19)30-24(29-22)26-12-16-8-10-18(36-4)11-9-16/h5-11,13,15,35H,12,14H2,1-4H3,(H,26,29,30). The number of nitrogens with zero attached hydrogens (tertiary/aromatic N) is 8. The molecule has 11 heteroatoms. The number of nitrogens with one attached hydrogen (secondary N) is 1. The van der Waals surface area contributed by atoms with Gasteiger partial charge in [0.25, 0.3) is 0 Å². The van der Waals surface area contributed by atoms with Gasteiger partial charge in [-0.05, 0) is 43.7 Å². The fourth-order valence-electron chi connectivity index (χ4n) is 3.78. The third-order valence-corrected chi connectivity index (χ3v) is 5.74. The second-order valence-corrected chi connectivity index (χ2v) is 8.98. The molecule has 184 valence electrons. The van der Waals surface area contributed by atoms with Crippen LogP contribution in [-0.2, 0) is 25.7 Å². The van der Waals surface area contributed by atoms with Crippen molar-refractivity contribution in [1.29, 1.82) is 0 Å². The highest BCUT2D eigenvalue weighted by atomic mass is 16.5. The number of hydrogen-bond acceptors (Lipinski definition) is 9. The van der Waals surface area contributed by atoms with E-state index in [4.69, 9.17) is 9.72 Å². The van der Waals surface area contributed by atoms with Gasteiger partial charge in [0, 0.05) is 13.6 Å². The molecule has 0 atom stereocenters. The zero-order chi connectivity index (χ0) is 25.3. The van der Waals surface area contributed by atoms with Crippen LogP contribution in [-0.4, -0.2) is 51.9 Å². The molecule has 0 saturated carbocycles. The topological polar surface area (TPSA) is 129 Å². The summed E-state index contributed by atoms with van der Waals surface area (Å²) in [6.07, 6.45) is 3.55. The Labute approximate surface area is 207 Å². The summed E-state index contributed by atoms with van der Waals surface area (Å²) in [7, 11) is 3.48. The van der Waals surface area contributed by atoms with Crippen LogP contribution in [0.5, 0.6) is 5.75 Å². The van der Waals surface area contributed by atoms with Crippen molar-refractivity contribution in [2.45, 2.75) is 32.5 Å². The monoisotopic (exact) mass is 485 g/mol. The Morgan fingerprint density at radius 1 is 1.06 bits per heavy atom. The molecule has 0 aliphatic rings. The Hall–Kier alpha value is -4.38. The van der Waals surface area contributed by atoms with Crippen LogP contribution >= 0.6 is 0 Å². The largest absolute Gasteiger partial charge is 0.497 e. The molecule has 0 amide bonds. The Balaban J connectivity index is 1.41. The van der Waals surface area contributed by atoms with Crippen molar-refractivity contribution in [1.82, 2.24) is 39.7 Å². The van der Waals surface area contributed by atoms with Crippen LogP contribution in [0.2, 0.25) is 0 Å². The van der Waals surface area contributed by atoms with E-state index in [1.165, 1.54) is 0 Å². The third kappa shape index (κ3) is 4.86. The van der Waals surface area contributed by atoms with E-state index in [0.29, 0.717) is 41.8 Å². The molecule has 0 saturated heterocycles. The lowest BCUT2D eigenvalue weighted by Crippen LogP contribution is -2.18. The summed E-state index contributed by atoms with van der Waals surface area (Å²) in [5, 5.41) is 27.3.